The normalized spacial score (nSPS) is 18.7. The Kier molecular flexibility index (Phi) is 4.66. The van der Waals surface area contributed by atoms with Crippen molar-refractivity contribution >= 4 is 35.0 Å². The van der Waals surface area contributed by atoms with E-state index in [1.165, 1.54) is 4.90 Å². The van der Waals surface area contributed by atoms with Gasteiger partial charge in [-0.05, 0) is 56.2 Å². The van der Waals surface area contributed by atoms with E-state index >= 15 is 0 Å². The maximum Gasteiger partial charge on any atom is 0.332 e. The summed E-state index contributed by atoms with van der Waals surface area (Å²) in [7, 11) is 0. The van der Waals surface area contributed by atoms with Crippen molar-refractivity contribution in [2.45, 2.75) is 32.7 Å². The first-order valence-corrected chi connectivity index (χ1v) is 9.52. The van der Waals surface area contributed by atoms with Crippen LogP contribution in [0.2, 0.25) is 0 Å². The van der Waals surface area contributed by atoms with Gasteiger partial charge in [0.05, 0.1) is 6.54 Å². The lowest BCUT2D eigenvalue weighted by atomic mass is 9.98. The lowest BCUT2D eigenvalue weighted by Gasteiger charge is -2.20. The predicted octanol–water partition coefficient (Wildman–Crippen LogP) is 2.92. The van der Waals surface area contributed by atoms with Gasteiger partial charge >= 0.3 is 6.03 Å². The Hall–Kier alpha value is -3.48. The molecule has 0 aromatic heterocycles. The first-order valence-electron chi connectivity index (χ1n) is 9.52. The summed E-state index contributed by atoms with van der Waals surface area (Å²) in [4.78, 5) is 52.2. The van der Waals surface area contributed by atoms with Crippen molar-refractivity contribution in [2.24, 2.45) is 0 Å². The number of Topliss-reactive ketones (excluding diaryl/α,β-unsaturated/α-hetero) is 1. The van der Waals surface area contributed by atoms with E-state index in [-0.39, 0.29) is 18.2 Å². The quantitative estimate of drug-likeness (QED) is 0.641. The van der Waals surface area contributed by atoms with Gasteiger partial charge in [0.2, 0.25) is 5.91 Å². The van der Waals surface area contributed by atoms with Gasteiger partial charge in [-0.1, -0.05) is 17.7 Å². The number of amides is 4. The topological polar surface area (TPSA) is 86.8 Å². The largest absolute Gasteiger partial charge is 0.332 e. The molecule has 1 fully saturated rings. The predicted molar refractivity (Wildman–Crippen MR) is 108 cm³/mol. The second kappa shape index (κ2) is 7.16. The fraction of sp³-hybridized carbons (Fsp3) is 0.273. The van der Waals surface area contributed by atoms with Crippen LogP contribution in [0.3, 0.4) is 0 Å². The van der Waals surface area contributed by atoms with Crippen LogP contribution in [0.5, 0.6) is 0 Å². The van der Waals surface area contributed by atoms with Crippen molar-refractivity contribution in [3.8, 4) is 0 Å². The fourth-order valence-electron chi connectivity index (χ4n) is 3.70. The Morgan fingerprint density at radius 3 is 2.52 bits per heavy atom. The zero-order valence-electron chi connectivity index (χ0n) is 16.3. The molecule has 0 bridgehead atoms. The van der Waals surface area contributed by atoms with Gasteiger partial charge in [0, 0.05) is 23.4 Å². The highest BCUT2D eigenvalue weighted by molar-refractivity contribution is 6.16. The molecule has 0 spiro atoms. The molecule has 2 aliphatic rings. The van der Waals surface area contributed by atoms with Crippen molar-refractivity contribution in [1.29, 1.82) is 0 Å². The van der Waals surface area contributed by atoms with Gasteiger partial charge in [0.25, 0.3) is 5.91 Å². The van der Waals surface area contributed by atoms with Crippen LogP contribution in [-0.4, -0.2) is 41.1 Å². The molecule has 2 aromatic carbocycles. The third kappa shape index (κ3) is 3.40. The summed E-state index contributed by atoms with van der Waals surface area (Å²) in [6, 6.07) is 11.2. The summed E-state index contributed by atoms with van der Waals surface area (Å²) >= 11 is 0. The number of urea groups is 1. The van der Waals surface area contributed by atoms with Crippen molar-refractivity contribution in [3.63, 3.8) is 0 Å². The average molecular weight is 391 g/mol. The maximum absolute atomic E-state index is 12.9. The minimum Gasteiger partial charge on any atom is -0.326 e. The summed E-state index contributed by atoms with van der Waals surface area (Å²) in [6.45, 7) is 3.29. The number of nitrogens with one attached hydrogen (secondary N) is 1. The number of imide groups is 1. The molecular weight excluding hydrogens is 370 g/mol. The van der Waals surface area contributed by atoms with Crippen LogP contribution in [0.15, 0.2) is 42.5 Å². The molecule has 1 N–H and O–H groups in total. The molecule has 2 aromatic rings. The summed E-state index contributed by atoms with van der Waals surface area (Å²) in [6.07, 6.45) is 0.929. The molecule has 7 heteroatoms. The van der Waals surface area contributed by atoms with Gasteiger partial charge in [-0.25, -0.2) is 4.79 Å². The molecule has 29 heavy (non-hydrogen) atoms. The molecule has 0 aliphatic carbocycles. The number of hydrogen-bond acceptors (Lipinski definition) is 4. The van der Waals surface area contributed by atoms with E-state index in [0.717, 1.165) is 16.0 Å². The van der Waals surface area contributed by atoms with E-state index in [9.17, 15) is 19.2 Å². The first kappa shape index (κ1) is 18.9. The van der Waals surface area contributed by atoms with Crippen LogP contribution < -0.4 is 10.2 Å². The highest BCUT2D eigenvalue weighted by Crippen LogP contribution is 2.27. The van der Waals surface area contributed by atoms with Crippen LogP contribution in [0, 0.1) is 6.92 Å². The van der Waals surface area contributed by atoms with Crippen molar-refractivity contribution < 1.29 is 19.2 Å². The number of benzene rings is 2. The van der Waals surface area contributed by atoms with Gasteiger partial charge < -0.3 is 5.32 Å². The number of aryl methyl sites for hydroxylation is 2. The van der Waals surface area contributed by atoms with E-state index in [2.05, 4.69) is 5.32 Å². The number of ketones is 1. The van der Waals surface area contributed by atoms with Gasteiger partial charge in [-0.15, -0.1) is 0 Å². The first-order chi connectivity index (χ1) is 13.8. The van der Waals surface area contributed by atoms with E-state index in [4.69, 9.17) is 0 Å². The van der Waals surface area contributed by atoms with Crippen LogP contribution in [0.25, 0.3) is 0 Å². The number of carbonyl (C=O) groups excluding carboxylic acids is 4. The van der Waals surface area contributed by atoms with Gasteiger partial charge in [-0.3, -0.25) is 24.2 Å². The molecule has 2 aliphatic heterocycles. The van der Waals surface area contributed by atoms with Crippen LogP contribution >= 0.6 is 0 Å². The van der Waals surface area contributed by atoms with E-state index in [1.807, 2.05) is 19.1 Å². The lowest BCUT2D eigenvalue weighted by molar-refractivity contribution is -0.126. The van der Waals surface area contributed by atoms with Crippen LogP contribution in [0.4, 0.5) is 16.2 Å². The van der Waals surface area contributed by atoms with E-state index in [0.29, 0.717) is 29.8 Å². The zero-order chi connectivity index (χ0) is 20.7. The highest BCUT2D eigenvalue weighted by Gasteiger charge is 2.44. The van der Waals surface area contributed by atoms with E-state index < -0.39 is 18.0 Å². The minimum absolute atomic E-state index is 0.0463. The lowest BCUT2D eigenvalue weighted by Crippen LogP contribution is -2.37. The zero-order valence-corrected chi connectivity index (χ0v) is 16.3. The molecule has 148 valence electrons. The van der Waals surface area contributed by atoms with Crippen molar-refractivity contribution in [1.82, 2.24) is 4.90 Å². The number of carbonyl (C=O) groups is 4. The summed E-state index contributed by atoms with van der Waals surface area (Å²) in [5.74, 6) is -0.756. The Morgan fingerprint density at radius 2 is 1.79 bits per heavy atom. The van der Waals surface area contributed by atoms with Crippen LogP contribution in [0.1, 0.15) is 34.8 Å². The summed E-state index contributed by atoms with van der Waals surface area (Å²) < 4.78 is 0. The number of anilines is 2. The third-order valence-electron chi connectivity index (χ3n) is 5.38. The summed E-state index contributed by atoms with van der Waals surface area (Å²) in [5.41, 5.74) is 3.67. The third-order valence-corrected chi connectivity index (χ3v) is 5.38. The maximum atomic E-state index is 12.9. The van der Waals surface area contributed by atoms with Gasteiger partial charge in [0.1, 0.15) is 6.04 Å². The molecule has 0 radical (unpaired) electrons. The van der Waals surface area contributed by atoms with Crippen molar-refractivity contribution in [3.05, 3.63) is 59.2 Å². The molecule has 0 saturated carbocycles. The standard InChI is InChI=1S/C22H21N3O4/c1-13-3-7-17(8-4-13)25-14(2)21(28)24(22(25)29)12-19(26)16-5-9-18-15(11-16)6-10-20(27)23-18/h3-5,7-9,11,14H,6,10,12H2,1-2H3,(H,23,27)/t14-/m0/s1. The second-order valence-electron chi connectivity index (χ2n) is 7.43. The van der Waals surface area contributed by atoms with Gasteiger partial charge in [0.15, 0.2) is 5.78 Å². The molecule has 1 atom stereocenters. The van der Waals surface area contributed by atoms with Gasteiger partial charge in [-0.2, -0.15) is 0 Å². The number of hydrogen-bond donors (Lipinski definition) is 1. The molecular formula is C22H21N3O4. The average Bonchev–Trinajstić information content (AvgIpc) is 2.91. The van der Waals surface area contributed by atoms with Crippen molar-refractivity contribution in [2.75, 3.05) is 16.8 Å². The fourth-order valence-corrected chi connectivity index (χ4v) is 3.70. The Morgan fingerprint density at radius 1 is 1.07 bits per heavy atom. The second-order valence-corrected chi connectivity index (χ2v) is 7.43. The Labute approximate surface area is 168 Å². The Balaban J connectivity index is 1.54. The molecule has 0 unspecified atom stereocenters. The smallest absolute Gasteiger partial charge is 0.326 e. The molecule has 2 heterocycles. The SMILES string of the molecule is Cc1ccc(N2C(=O)N(CC(=O)c3ccc4c(c3)CCC(=O)N4)C(=O)[C@@H]2C)cc1. The van der Waals surface area contributed by atoms with Crippen LogP contribution in [-0.2, 0) is 16.0 Å². The monoisotopic (exact) mass is 391 g/mol. The molecule has 1 saturated heterocycles. The summed E-state index contributed by atoms with van der Waals surface area (Å²) in [5, 5.41) is 2.77. The van der Waals surface area contributed by atoms with E-state index in [1.54, 1.807) is 37.3 Å². The highest BCUT2D eigenvalue weighted by atomic mass is 16.2. The molecule has 7 nitrogen and oxygen atoms in total. The number of fused-ring (bicyclic) bond motifs is 1. The number of nitrogens with zero attached hydrogens (tertiary/aromatic N) is 2. The Bertz CT molecular complexity index is 1030. The minimum atomic E-state index is -0.670. The molecule has 4 amide bonds. The number of rotatable bonds is 4. The molecule has 4 rings (SSSR count).